The van der Waals surface area contributed by atoms with Crippen LogP contribution < -0.4 is 5.48 Å². The molecule has 0 aromatic carbocycles. The van der Waals surface area contributed by atoms with Crippen molar-refractivity contribution in [2.75, 3.05) is 6.61 Å². The molecule has 0 fully saturated rings. The summed E-state index contributed by atoms with van der Waals surface area (Å²) in [5.74, 6) is 0. The predicted molar refractivity (Wildman–Crippen MR) is 27.2 cm³/mol. The average molecular weight is 121 g/mol. The minimum atomic E-state index is -0.901. The minimum Gasteiger partial charge on any atom is -0.396 e. The SMILES string of the molecule is OCCCC(O)NO. The molecule has 0 aliphatic carbocycles. The Kier molecular flexibility index (Phi) is 4.89. The van der Waals surface area contributed by atoms with Crippen LogP contribution in [0.15, 0.2) is 0 Å². The molecule has 0 rings (SSSR count). The predicted octanol–water partition coefficient (Wildman–Crippen LogP) is -0.944. The van der Waals surface area contributed by atoms with Gasteiger partial charge in [0.05, 0.1) is 0 Å². The third-order valence-corrected chi connectivity index (χ3v) is 0.785. The first kappa shape index (κ1) is 7.84. The highest BCUT2D eigenvalue weighted by Gasteiger charge is 1.97. The average Bonchev–Trinajstić information content (AvgIpc) is 1.83. The van der Waals surface area contributed by atoms with E-state index in [1.807, 2.05) is 0 Å². The summed E-state index contributed by atoms with van der Waals surface area (Å²) in [5.41, 5.74) is 1.64. The van der Waals surface area contributed by atoms with Crippen LogP contribution >= 0.6 is 0 Å². The fourth-order valence-corrected chi connectivity index (χ4v) is 0.349. The molecule has 0 aromatic rings. The van der Waals surface area contributed by atoms with Gasteiger partial charge in [-0.2, -0.15) is 5.48 Å². The van der Waals surface area contributed by atoms with Gasteiger partial charge in [-0.05, 0) is 12.8 Å². The summed E-state index contributed by atoms with van der Waals surface area (Å²) < 4.78 is 0. The van der Waals surface area contributed by atoms with Crippen molar-refractivity contribution in [2.24, 2.45) is 0 Å². The Morgan fingerprint density at radius 3 is 2.50 bits per heavy atom. The van der Waals surface area contributed by atoms with Gasteiger partial charge in [-0.1, -0.05) is 0 Å². The zero-order valence-corrected chi connectivity index (χ0v) is 4.54. The first-order valence-corrected chi connectivity index (χ1v) is 2.49. The van der Waals surface area contributed by atoms with Gasteiger partial charge < -0.3 is 15.4 Å². The second-order valence-electron chi connectivity index (χ2n) is 1.51. The van der Waals surface area contributed by atoms with Crippen molar-refractivity contribution in [2.45, 2.75) is 19.1 Å². The number of hydrogen-bond donors (Lipinski definition) is 4. The second-order valence-corrected chi connectivity index (χ2v) is 1.51. The zero-order valence-electron chi connectivity index (χ0n) is 4.54. The molecule has 0 radical (unpaired) electrons. The Morgan fingerprint density at radius 2 is 2.12 bits per heavy atom. The van der Waals surface area contributed by atoms with Crippen LogP contribution in [0.1, 0.15) is 12.8 Å². The van der Waals surface area contributed by atoms with Gasteiger partial charge in [-0.15, -0.1) is 0 Å². The molecule has 0 aliphatic rings. The highest BCUT2D eigenvalue weighted by atomic mass is 16.5. The van der Waals surface area contributed by atoms with Crippen LogP contribution in [-0.2, 0) is 0 Å². The van der Waals surface area contributed by atoms with E-state index in [9.17, 15) is 0 Å². The number of aliphatic hydroxyl groups excluding tert-OH is 2. The Hall–Kier alpha value is -0.160. The van der Waals surface area contributed by atoms with Crippen LogP contribution in [0.5, 0.6) is 0 Å². The molecular weight excluding hydrogens is 110 g/mol. The number of rotatable bonds is 4. The van der Waals surface area contributed by atoms with Gasteiger partial charge >= 0.3 is 0 Å². The second kappa shape index (κ2) is 4.99. The Balaban J connectivity index is 2.86. The van der Waals surface area contributed by atoms with E-state index in [1.54, 1.807) is 5.48 Å². The maximum atomic E-state index is 8.52. The van der Waals surface area contributed by atoms with Crippen molar-refractivity contribution in [3.63, 3.8) is 0 Å². The molecule has 0 heterocycles. The summed E-state index contributed by atoms with van der Waals surface area (Å²) in [4.78, 5) is 0. The van der Waals surface area contributed by atoms with E-state index >= 15 is 0 Å². The van der Waals surface area contributed by atoms with Crippen molar-refractivity contribution in [3.05, 3.63) is 0 Å². The maximum Gasteiger partial charge on any atom is 0.126 e. The Morgan fingerprint density at radius 1 is 1.50 bits per heavy atom. The molecule has 50 valence electrons. The van der Waals surface area contributed by atoms with Gasteiger partial charge in [0.15, 0.2) is 0 Å². The summed E-state index contributed by atoms with van der Waals surface area (Å²) >= 11 is 0. The zero-order chi connectivity index (χ0) is 6.41. The largest absolute Gasteiger partial charge is 0.396 e. The highest BCUT2D eigenvalue weighted by Crippen LogP contribution is 1.89. The highest BCUT2D eigenvalue weighted by molar-refractivity contribution is 4.43. The molecule has 0 amide bonds. The molecule has 4 heteroatoms. The van der Waals surface area contributed by atoms with E-state index in [0.717, 1.165) is 0 Å². The molecule has 0 aliphatic heterocycles. The maximum absolute atomic E-state index is 8.52. The molecule has 4 nitrogen and oxygen atoms in total. The van der Waals surface area contributed by atoms with Gasteiger partial charge in [-0.3, -0.25) is 0 Å². The van der Waals surface area contributed by atoms with Gasteiger partial charge in [0, 0.05) is 6.61 Å². The smallest absolute Gasteiger partial charge is 0.126 e. The van der Waals surface area contributed by atoms with E-state index in [2.05, 4.69) is 0 Å². The van der Waals surface area contributed by atoms with Crippen LogP contribution in [0.3, 0.4) is 0 Å². The van der Waals surface area contributed by atoms with Gasteiger partial charge in [0.1, 0.15) is 6.23 Å². The van der Waals surface area contributed by atoms with Crippen molar-refractivity contribution in [1.29, 1.82) is 0 Å². The van der Waals surface area contributed by atoms with Crippen LogP contribution in [0.25, 0.3) is 0 Å². The molecular formula is C4H11NO3. The summed E-state index contributed by atoms with van der Waals surface area (Å²) in [6.07, 6.45) is -0.0380. The quantitative estimate of drug-likeness (QED) is 0.286. The molecule has 0 saturated carbocycles. The van der Waals surface area contributed by atoms with Crippen LogP contribution in [0.4, 0.5) is 0 Å². The van der Waals surface area contributed by atoms with Crippen molar-refractivity contribution >= 4 is 0 Å². The molecule has 0 saturated heterocycles. The first-order chi connectivity index (χ1) is 3.81. The van der Waals surface area contributed by atoms with Crippen LogP contribution in [0.2, 0.25) is 0 Å². The first-order valence-electron chi connectivity index (χ1n) is 2.49. The van der Waals surface area contributed by atoms with Gasteiger partial charge in [0.25, 0.3) is 0 Å². The van der Waals surface area contributed by atoms with Crippen molar-refractivity contribution in [1.82, 2.24) is 5.48 Å². The fraction of sp³-hybridized carbons (Fsp3) is 1.00. The number of hydroxylamine groups is 1. The van der Waals surface area contributed by atoms with E-state index in [1.165, 1.54) is 0 Å². The molecule has 1 atom stereocenters. The monoisotopic (exact) mass is 121 g/mol. The summed E-state index contributed by atoms with van der Waals surface area (Å²) in [6.45, 7) is 0.0404. The molecule has 0 aromatic heterocycles. The fourth-order valence-electron chi connectivity index (χ4n) is 0.349. The summed E-state index contributed by atoms with van der Waals surface area (Å²) in [5, 5.41) is 24.7. The Bertz CT molecular complexity index is 50.5. The topological polar surface area (TPSA) is 72.7 Å². The number of aliphatic hydroxyl groups is 2. The lowest BCUT2D eigenvalue weighted by Gasteiger charge is -2.04. The van der Waals surface area contributed by atoms with E-state index in [0.29, 0.717) is 12.8 Å². The lowest BCUT2D eigenvalue weighted by molar-refractivity contribution is -0.00577. The third kappa shape index (κ3) is 4.01. The lowest BCUT2D eigenvalue weighted by atomic mass is 10.3. The minimum absolute atomic E-state index is 0.0404. The summed E-state index contributed by atoms with van der Waals surface area (Å²) in [7, 11) is 0. The van der Waals surface area contributed by atoms with E-state index in [4.69, 9.17) is 15.4 Å². The Labute approximate surface area is 47.7 Å². The summed E-state index contributed by atoms with van der Waals surface area (Å²) in [6, 6.07) is 0. The molecule has 8 heavy (non-hydrogen) atoms. The van der Waals surface area contributed by atoms with Crippen molar-refractivity contribution in [3.8, 4) is 0 Å². The normalized spacial score (nSPS) is 13.9. The standard InChI is InChI=1S/C4H11NO3/c6-3-1-2-4(7)5-8/h4-8H,1-3H2. The number of hydrogen-bond acceptors (Lipinski definition) is 4. The lowest BCUT2D eigenvalue weighted by Crippen LogP contribution is -2.24. The van der Waals surface area contributed by atoms with E-state index < -0.39 is 6.23 Å². The molecule has 1 unspecified atom stereocenters. The molecule has 0 spiro atoms. The van der Waals surface area contributed by atoms with Crippen LogP contribution in [-0.4, -0.2) is 28.3 Å². The third-order valence-electron chi connectivity index (χ3n) is 0.785. The molecule has 4 N–H and O–H groups in total. The van der Waals surface area contributed by atoms with Crippen LogP contribution in [0, 0.1) is 0 Å². The van der Waals surface area contributed by atoms with E-state index in [-0.39, 0.29) is 6.61 Å². The molecule has 0 bridgehead atoms. The number of nitrogens with one attached hydrogen (secondary N) is 1. The van der Waals surface area contributed by atoms with Gasteiger partial charge in [-0.25, -0.2) is 0 Å². The van der Waals surface area contributed by atoms with Crippen molar-refractivity contribution < 1.29 is 15.4 Å². The van der Waals surface area contributed by atoms with Gasteiger partial charge in [0.2, 0.25) is 0 Å².